The van der Waals surface area contributed by atoms with Gasteiger partial charge in [-0.3, -0.25) is 5.41 Å². The molecule has 0 unspecified atom stereocenters. The molecule has 1 aromatic rings. The zero-order valence-electron chi connectivity index (χ0n) is 16.5. The third-order valence-electron chi connectivity index (χ3n) is 6.75. The molecule has 0 aromatic carbocycles. The van der Waals surface area contributed by atoms with E-state index >= 15 is 0 Å². The highest BCUT2D eigenvalue weighted by molar-refractivity contribution is 5.94. The summed E-state index contributed by atoms with van der Waals surface area (Å²) in [5.41, 5.74) is 8.07. The maximum absolute atomic E-state index is 7.89. The number of nitrogen functional groups attached to an aromatic ring is 1. The SMILES string of the molecule is CN1CCC2(CC1)CCN(c1cc(N3CCNCC3)cc(C(=N)N)n1)CC2. The molecule has 0 amide bonds. The Labute approximate surface area is 162 Å². The minimum Gasteiger partial charge on any atom is -0.382 e. The number of piperidine rings is 2. The Kier molecular flexibility index (Phi) is 5.23. The number of amidine groups is 1. The molecule has 3 aliphatic rings. The van der Waals surface area contributed by atoms with Crippen LogP contribution in [0.15, 0.2) is 12.1 Å². The summed E-state index contributed by atoms with van der Waals surface area (Å²) in [5, 5.41) is 11.3. The molecule has 4 rings (SSSR count). The minimum atomic E-state index is 0.0528. The van der Waals surface area contributed by atoms with Crippen LogP contribution in [0, 0.1) is 10.8 Å². The number of anilines is 2. The highest BCUT2D eigenvalue weighted by Crippen LogP contribution is 2.41. The van der Waals surface area contributed by atoms with E-state index in [4.69, 9.17) is 16.1 Å². The van der Waals surface area contributed by atoms with Crippen LogP contribution in [0.25, 0.3) is 0 Å². The molecule has 0 atom stereocenters. The summed E-state index contributed by atoms with van der Waals surface area (Å²) in [6.07, 6.45) is 5.14. The molecule has 3 aliphatic heterocycles. The molecule has 4 N–H and O–H groups in total. The van der Waals surface area contributed by atoms with E-state index in [1.165, 1.54) is 38.8 Å². The van der Waals surface area contributed by atoms with E-state index in [1.807, 2.05) is 6.07 Å². The van der Waals surface area contributed by atoms with Gasteiger partial charge in [-0.1, -0.05) is 0 Å². The summed E-state index contributed by atoms with van der Waals surface area (Å²) in [4.78, 5) is 12.0. The number of piperazine rings is 1. The Morgan fingerprint density at radius 2 is 1.63 bits per heavy atom. The largest absolute Gasteiger partial charge is 0.382 e. The third kappa shape index (κ3) is 4.04. The topological polar surface area (TPSA) is 84.5 Å². The zero-order valence-corrected chi connectivity index (χ0v) is 16.5. The lowest BCUT2D eigenvalue weighted by molar-refractivity contribution is 0.0943. The molecule has 0 aliphatic carbocycles. The van der Waals surface area contributed by atoms with E-state index in [0.29, 0.717) is 11.1 Å². The summed E-state index contributed by atoms with van der Waals surface area (Å²) in [7, 11) is 2.23. The van der Waals surface area contributed by atoms with Crippen molar-refractivity contribution in [3.63, 3.8) is 0 Å². The average Bonchev–Trinajstić information content (AvgIpc) is 2.71. The summed E-state index contributed by atoms with van der Waals surface area (Å²) < 4.78 is 0. The maximum Gasteiger partial charge on any atom is 0.141 e. The quantitative estimate of drug-likeness (QED) is 0.545. The Bertz CT molecular complexity index is 665. The first kappa shape index (κ1) is 18.5. The van der Waals surface area contributed by atoms with Crippen molar-refractivity contribution in [3.05, 3.63) is 17.8 Å². The predicted molar refractivity (Wildman–Crippen MR) is 111 cm³/mol. The van der Waals surface area contributed by atoms with Crippen LogP contribution in [-0.2, 0) is 0 Å². The number of nitrogens with zero attached hydrogens (tertiary/aromatic N) is 4. The number of likely N-dealkylation sites (tertiary alicyclic amines) is 1. The molecular formula is C20H33N7. The Balaban J connectivity index is 1.51. The first-order valence-electron chi connectivity index (χ1n) is 10.3. The van der Waals surface area contributed by atoms with Crippen molar-refractivity contribution in [1.82, 2.24) is 15.2 Å². The van der Waals surface area contributed by atoms with Gasteiger partial charge in [0.1, 0.15) is 17.3 Å². The molecule has 1 aromatic heterocycles. The fourth-order valence-corrected chi connectivity index (χ4v) is 4.71. The predicted octanol–water partition coefficient (Wildman–Crippen LogP) is 1.09. The van der Waals surface area contributed by atoms with Crippen molar-refractivity contribution in [3.8, 4) is 0 Å². The number of aromatic nitrogens is 1. The van der Waals surface area contributed by atoms with Crippen molar-refractivity contribution in [2.45, 2.75) is 25.7 Å². The number of nitrogens with one attached hydrogen (secondary N) is 2. The van der Waals surface area contributed by atoms with Gasteiger partial charge >= 0.3 is 0 Å². The number of nitrogens with two attached hydrogens (primary N) is 1. The second-order valence-electron chi connectivity index (χ2n) is 8.51. The first-order valence-corrected chi connectivity index (χ1v) is 10.3. The van der Waals surface area contributed by atoms with Crippen LogP contribution in [-0.4, -0.2) is 75.1 Å². The van der Waals surface area contributed by atoms with Gasteiger partial charge in [-0.15, -0.1) is 0 Å². The van der Waals surface area contributed by atoms with Crippen molar-refractivity contribution in [2.24, 2.45) is 11.1 Å². The van der Waals surface area contributed by atoms with Gasteiger partial charge < -0.3 is 25.8 Å². The molecule has 0 bridgehead atoms. The molecule has 3 fully saturated rings. The van der Waals surface area contributed by atoms with Crippen LogP contribution in [0.4, 0.5) is 11.5 Å². The molecule has 1 spiro atoms. The van der Waals surface area contributed by atoms with Gasteiger partial charge in [-0.25, -0.2) is 4.98 Å². The number of hydrogen-bond donors (Lipinski definition) is 3. The summed E-state index contributed by atoms with van der Waals surface area (Å²) in [6.45, 7) is 8.52. The van der Waals surface area contributed by atoms with Crippen molar-refractivity contribution in [2.75, 3.05) is 69.2 Å². The van der Waals surface area contributed by atoms with Crippen molar-refractivity contribution in [1.29, 1.82) is 5.41 Å². The summed E-state index contributed by atoms with van der Waals surface area (Å²) in [5.74, 6) is 1.04. The smallest absolute Gasteiger partial charge is 0.141 e. The van der Waals surface area contributed by atoms with Gasteiger partial charge in [0, 0.05) is 51.0 Å². The number of hydrogen-bond acceptors (Lipinski definition) is 6. The lowest BCUT2D eigenvalue weighted by Gasteiger charge is -2.46. The Morgan fingerprint density at radius 1 is 1.00 bits per heavy atom. The van der Waals surface area contributed by atoms with Gasteiger partial charge in [-0.05, 0) is 57.3 Å². The highest BCUT2D eigenvalue weighted by Gasteiger charge is 2.37. The molecule has 7 heteroatoms. The van der Waals surface area contributed by atoms with E-state index in [2.05, 4.69) is 33.1 Å². The Morgan fingerprint density at radius 3 is 2.26 bits per heavy atom. The van der Waals surface area contributed by atoms with Gasteiger partial charge in [0.05, 0.1) is 0 Å². The van der Waals surface area contributed by atoms with Gasteiger partial charge in [-0.2, -0.15) is 0 Å². The summed E-state index contributed by atoms with van der Waals surface area (Å²) in [6, 6.07) is 4.17. The van der Waals surface area contributed by atoms with E-state index in [0.717, 1.165) is 50.8 Å². The maximum atomic E-state index is 7.89. The monoisotopic (exact) mass is 371 g/mol. The van der Waals surface area contributed by atoms with Gasteiger partial charge in [0.25, 0.3) is 0 Å². The lowest BCUT2D eigenvalue weighted by Crippen LogP contribution is -2.46. The molecule has 148 valence electrons. The standard InChI is InChI=1S/C20H33N7/c1-25-8-2-20(3-9-25)4-10-27(11-5-20)18-15-16(14-17(24-18)19(21)22)26-12-6-23-7-13-26/h14-15,23H,2-13H2,1H3,(H3,21,22). The van der Waals surface area contributed by atoms with E-state index in [9.17, 15) is 0 Å². The summed E-state index contributed by atoms with van der Waals surface area (Å²) >= 11 is 0. The van der Waals surface area contributed by atoms with Gasteiger partial charge in [0.2, 0.25) is 0 Å². The second kappa shape index (κ2) is 7.64. The lowest BCUT2D eigenvalue weighted by atomic mass is 9.71. The first-order chi connectivity index (χ1) is 13.0. The zero-order chi connectivity index (χ0) is 18.9. The molecule has 0 radical (unpaired) electrons. The number of rotatable bonds is 3. The molecule has 4 heterocycles. The molecule has 27 heavy (non-hydrogen) atoms. The van der Waals surface area contributed by atoms with Crippen LogP contribution in [0.2, 0.25) is 0 Å². The third-order valence-corrected chi connectivity index (χ3v) is 6.75. The van der Waals surface area contributed by atoms with Crippen LogP contribution in [0.3, 0.4) is 0 Å². The minimum absolute atomic E-state index is 0.0528. The molecule has 7 nitrogen and oxygen atoms in total. The fraction of sp³-hybridized carbons (Fsp3) is 0.700. The highest BCUT2D eigenvalue weighted by atomic mass is 15.2. The van der Waals surface area contributed by atoms with E-state index in [1.54, 1.807) is 0 Å². The molecular weight excluding hydrogens is 338 g/mol. The van der Waals surface area contributed by atoms with Crippen LogP contribution < -0.4 is 20.9 Å². The fourth-order valence-electron chi connectivity index (χ4n) is 4.71. The normalized spacial score (nSPS) is 23.6. The van der Waals surface area contributed by atoms with E-state index in [-0.39, 0.29) is 5.84 Å². The van der Waals surface area contributed by atoms with Crippen LogP contribution in [0.5, 0.6) is 0 Å². The molecule has 3 saturated heterocycles. The average molecular weight is 372 g/mol. The molecule has 0 saturated carbocycles. The van der Waals surface area contributed by atoms with Crippen molar-refractivity contribution >= 4 is 17.3 Å². The van der Waals surface area contributed by atoms with Crippen LogP contribution in [0.1, 0.15) is 31.4 Å². The van der Waals surface area contributed by atoms with E-state index < -0.39 is 0 Å². The Hall–Kier alpha value is -1.86. The number of pyridine rings is 1. The van der Waals surface area contributed by atoms with Gasteiger partial charge in [0.15, 0.2) is 0 Å². The van der Waals surface area contributed by atoms with Crippen molar-refractivity contribution < 1.29 is 0 Å². The van der Waals surface area contributed by atoms with Crippen LogP contribution >= 0.6 is 0 Å². The second-order valence-corrected chi connectivity index (χ2v) is 8.51.